The van der Waals surface area contributed by atoms with Gasteiger partial charge in [0.2, 0.25) is 16.3 Å². The Bertz CT molecular complexity index is 1530. The van der Waals surface area contributed by atoms with Crippen LogP contribution in [-0.4, -0.2) is 56.1 Å². The second-order valence-corrected chi connectivity index (χ2v) is 14.2. The minimum atomic E-state index is -4.01. The first-order chi connectivity index (χ1) is 20.8. The fourth-order valence-electron chi connectivity index (χ4n) is 4.34. The maximum atomic E-state index is 13.5. The number of aromatic nitrogens is 1. The number of amides is 3. The standard InChI is InChI=1S/C30H39N5O7S2/c1-19(2)41-28(37)34-22-12-14-26(40-18-22)42-29-32-17-24(43-29)23-13-11-21(15-25(23)44(38,39)35-30(3,4)5)33-27(36)31-16-20-9-7-6-8-10-20/h6-11,13,15,17,19,22,26,35H,12,14,16,18H2,1-5H3,(H,34,37)(H2,31,33,36)/t22-,26?/m0/s1. The van der Waals surface area contributed by atoms with E-state index < -0.39 is 34.0 Å². The molecule has 1 aliphatic rings. The van der Waals surface area contributed by atoms with Crippen LogP contribution in [0.15, 0.2) is 59.6 Å². The topological polar surface area (TPSA) is 157 Å². The zero-order valence-electron chi connectivity index (χ0n) is 25.4. The van der Waals surface area contributed by atoms with Gasteiger partial charge in [-0.2, -0.15) is 0 Å². The normalized spacial score (nSPS) is 17.1. The summed E-state index contributed by atoms with van der Waals surface area (Å²) in [5, 5.41) is 8.58. The number of hydrogen-bond acceptors (Lipinski definition) is 9. The number of hydrogen-bond donors (Lipinski definition) is 4. The first kappa shape index (κ1) is 33.2. The highest BCUT2D eigenvalue weighted by Gasteiger charge is 2.28. The molecule has 2 aromatic carbocycles. The van der Waals surface area contributed by atoms with E-state index in [0.717, 1.165) is 5.56 Å². The number of nitrogens with one attached hydrogen (secondary N) is 4. The Morgan fingerprint density at radius 3 is 2.52 bits per heavy atom. The van der Waals surface area contributed by atoms with Gasteiger partial charge in [-0.05, 0) is 58.7 Å². The molecule has 14 heteroatoms. The fourth-order valence-corrected chi connectivity index (χ4v) is 6.91. The Balaban J connectivity index is 1.46. The third-order valence-electron chi connectivity index (χ3n) is 6.15. The lowest BCUT2D eigenvalue weighted by molar-refractivity contribution is -0.115. The van der Waals surface area contributed by atoms with E-state index in [-0.39, 0.29) is 23.6 Å². The second kappa shape index (κ2) is 14.4. The van der Waals surface area contributed by atoms with Crippen LogP contribution in [0.4, 0.5) is 15.3 Å². The smallest absolute Gasteiger partial charge is 0.407 e. The molecule has 3 amide bonds. The van der Waals surface area contributed by atoms with Crippen molar-refractivity contribution in [1.82, 2.24) is 20.3 Å². The summed E-state index contributed by atoms with van der Waals surface area (Å²) in [4.78, 5) is 29.3. The minimum absolute atomic E-state index is 0.0143. The van der Waals surface area contributed by atoms with Crippen LogP contribution >= 0.6 is 11.3 Å². The average Bonchev–Trinajstić information content (AvgIpc) is 3.40. The molecule has 0 spiro atoms. The molecule has 0 saturated carbocycles. The van der Waals surface area contributed by atoms with Gasteiger partial charge >= 0.3 is 12.1 Å². The lowest BCUT2D eigenvalue weighted by atomic mass is 10.1. The fraction of sp³-hybridized carbons (Fsp3) is 0.433. The van der Waals surface area contributed by atoms with Crippen molar-refractivity contribution in [2.24, 2.45) is 0 Å². The number of thiazole rings is 1. The van der Waals surface area contributed by atoms with E-state index in [2.05, 4.69) is 25.7 Å². The maximum absolute atomic E-state index is 13.5. The van der Waals surface area contributed by atoms with Crippen LogP contribution in [-0.2, 0) is 26.0 Å². The number of nitrogens with zero attached hydrogens (tertiary/aromatic N) is 1. The molecule has 1 saturated heterocycles. The van der Waals surface area contributed by atoms with E-state index in [4.69, 9.17) is 14.2 Å². The molecule has 1 aromatic heterocycles. The first-order valence-electron chi connectivity index (χ1n) is 14.3. The van der Waals surface area contributed by atoms with E-state index >= 15 is 0 Å². The number of carbonyl (C=O) groups is 2. The summed E-state index contributed by atoms with van der Waals surface area (Å²) >= 11 is 1.18. The molecule has 0 radical (unpaired) electrons. The van der Waals surface area contributed by atoms with Gasteiger partial charge in [-0.1, -0.05) is 47.7 Å². The summed E-state index contributed by atoms with van der Waals surface area (Å²) in [5.74, 6) is 0. The number of alkyl carbamates (subject to hydrolysis) is 1. The summed E-state index contributed by atoms with van der Waals surface area (Å²) < 4.78 is 46.6. The van der Waals surface area contributed by atoms with Gasteiger partial charge in [-0.3, -0.25) is 0 Å². The summed E-state index contributed by atoms with van der Waals surface area (Å²) in [5.41, 5.74) is 0.901. The van der Waals surface area contributed by atoms with Crippen molar-refractivity contribution in [3.05, 3.63) is 60.3 Å². The number of benzene rings is 2. The predicted octanol–water partition coefficient (Wildman–Crippen LogP) is 5.23. The van der Waals surface area contributed by atoms with E-state index in [0.29, 0.717) is 40.7 Å². The molecule has 0 aliphatic carbocycles. The molecule has 2 atom stereocenters. The molecular weight excluding hydrogens is 606 g/mol. The maximum Gasteiger partial charge on any atom is 0.407 e. The quantitative estimate of drug-likeness (QED) is 0.234. The number of carbonyl (C=O) groups excluding carboxylic acids is 2. The molecule has 4 rings (SSSR count). The largest absolute Gasteiger partial charge is 0.447 e. The van der Waals surface area contributed by atoms with E-state index in [1.165, 1.54) is 17.4 Å². The van der Waals surface area contributed by atoms with Crippen molar-refractivity contribution in [1.29, 1.82) is 0 Å². The number of rotatable bonds is 10. The van der Waals surface area contributed by atoms with E-state index in [1.54, 1.807) is 52.9 Å². The summed E-state index contributed by atoms with van der Waals surface area (Å²) in [6, 6.07) is 13.5. The SMILES string of the molecule is CC(C)OC(=O)N[C@H]1CCC(Oc2ncc(-c3ccc(NC(=O)NCc4ccccc4)cc3S(=O)(=O)NC(C)(C)C)s2)OC1. The number of sulfonamides is 1. The van der Waals surface area contributed by atoms with Gasteiger partial charge in [-0.25, -0.2) is 27.7 Å². The first-order valence-corrected chi connectivity index (χ1v) is 16.6. The van der Waals surface area contributed by atoms with Crippen LogP contribution in [0, 0.1) is 0 Å². The zero-order valence-corrected chi connectivity index (χ0v) is 27.0. The van der Waals surface area contributed by atoms with E-state index in [9.17, 15) is 18.0 Å². The van der Waals surface area contributed by atoms with Gasteiger partial charge in [0.15, 0.2) is 0 Å². The van der Waals surface area contributed by atoms with Crippen LogP contribution < -0.4 is 25.4 Å². The van der Waals surface area contributed by atoms with Crippen LogP contribution in [0.1, 0.15) is 53.0 Å². The Morgan fingerprint density at radius 2 is 1.86 bits per heavy atom. The monoisotopic (exact) mass is 645 g/mol. The van der Waals surface area contributed by atoms with Gasteiger partial charge in [-0.15, -0.1) is 0 Å². The molecule has 0 bridgehead atoms. The highest BCUT2D eigenvalue weighted by molar-refractivity contribution is 7.89. The van der Waals surface area contributed by atoms with Gasteiger partial charge < -0.3 is 30.2 Å². The molecule has 238 valence electrons. The third kappa shape index (κ3) is 9.91. The lowest BCUT2D eigenvalue weighted by Crippen LogP contribution is -2.44. The highest BCUT2D eigenvalue weighted by atomic mass is 32.2. The van der Waals surface area contributed by atoms with Gasteiger partial charge in [0.25, 0.3) is 5.19 Å². The Hall–Kier alpha value is -3.72. The molecule has 4 N–H and O–H groups in total. The van der Waals surface area contributed by atoms with Gasteiger partial charge in [0.05, 0.1) is 28.5 Å². The highest BCUT2D eigenvalue weighted by Crippen LogP contribution is 2.37. The second-order valence-electron chi connectivity index (χ2n) is 11.6. The molecule has 1 fully saturated rings. The zero-order chi connectivity index (χ0) is 31.9. The summed E-state index contributed by atoms with van der Waals surface area (Å²) in [6.45, 7) is 9.38. The van der Waals surface area contributed by atoms with Crippen LogP contribution in [0.2, 0.25) is 0 Å². The van der Waals surface area contributed by atoms with Crippen molar-refractivity contribution < 1.29 is 32.2 Å². The molecule has 1 aliphatic heterocycles. The number of ether oxygens (including phenoxy) is 3. The van der Waals surface area contributed by atoms with Gasteiger partial charge in [0, 0.05) is 36.0 Å². The van der Waals surface area contributed by atoms with Crippen molar-refractivity contribution in [3.63, 3.8) is 0 Å². The molecule has 1 unspecified atom stereocenters. The van der Waals surface area contributed by atoms with E-state index in [1.807, 2.05) is 30.3 Å². The number of urea groups is 1. The predicted molar refractivity (Wildman–Crippen MR) is 168 cm³/mol. The molecule has 12 nitrogen and oxygen atoms in total. The molecular formula is C30H39N5O7S2. The Kier molecular flexibility index (Phi) is 10.8. The summed E-state index contributed by atoms with van der Waals surface area (Å²) in [7, 11) is -4.01. The summed E-state index contributed by atoms with van der Waals surface area (Å²) in [6.07, 6.45) is 1.41. The van der Waals surface area contributed by atoms with Gasteiger partial charge in [0.1, 0.15) is 0 Å². The lowest BCUT2D eigenvalue weighted by Gasteiger charge is -2.28. The number of anilines is 1. The average molecular weight is 646 g/mol. The Morgan fingerprint density at radius 1 is 1.11 bits per heavy atom. The molecule has 2 heterocycles. The van der Waals surface area contributed by atoms with Crippen molar-refractivity contribution in [2.45, 2.75) is 82.9 Å². The van der Waals surface area contributed by atoms with Crippen LogP contribution in [0.25, 0.3) is 10.4 Å². The third-order valence-corrected chi connectivity index (χ3v) is 8.87. The van der Waals surface area contributed by atoms with Crippen molar-refractivity contribution >= 4 is 39.2 Å². The Labute approximate surface area is 261 Å². The van der Waals surface area contributed by atoms with Crippen LogP contribution in [0.5, 0.6) is 5.19 Å². The molecule has 3 aromatic rings. The molecule has 44 heavy (non-hydrogen) atoms. The van der Waals surface area contributed by atoms with Crippen LogP contribution in [0.3, 0.4) is 0 Å². The van der Waals surface area contributed by atoms with Crippen molar-refractivity contribution in [2.75, 3.05) is 11.9 Å². The van der Waals surface area contributed by atoms with Crippen molar-refractivity contribution in [3.8, 4) is 15.6 Å². The minimum Gasteiger partial charge on any atom is -0.447 e.